The first-order chi connectivity index (χ1) is 5.82. The molecule has 0 unspecified atom stereocenters. The Bertz CT molecular complexity index is 246. The van der Waals surface area contributed by atoms with Gasteiger partial charge >= 0.3 is 0 Å². The number of fused-ring (bicyclic) bond motifs is 4. The average molecular weight is 166 g/mol. The molecule has 3 rings (SSSR count). The molecule has 1 aliphatic heterocycles. The Morgan fingerprint density at radius 2 is 2.50 bits per heavy atom. The van der Waals surface area contributed by atoms with E-state index in [4.69, 9.17) is 4.74 Å². The lowest BCUT2D eigenvalue weighted by molar-refractivity contribution is -0.161. The number of rotatable bonds is 0. The van der Waals surface area contributed by atoms with Crippen molar-refractivity contribution in [1.82, 2.24) is 0 Å². The Labute approximate surface area is 72.2 Å². The monoisotopic (exact) mass is 166 g/mol. The molecule has 2 heteroatoms. The molecule has 0 radical (unpaired) electrons. The molecule has 3 aliphatic rings. The molecule has 0 amide bonds. The Morgan fingerprint density at radius 3 is 3.42 bits per heavy atom. The molecule has 2 saturated carbocycles. The summed E-state index contributed by atoms with van der Waals surface area (Å²) in [5, 5.41) is 10.2. The number of ether oxygens (including phenoxy) is 1. The topological polar surface area (TPSA) is 29.5 Å². The van der Waals surface area contributed by atoms with Crippen molar-refractivity contribution in [3.8, 4) is 0 Å². The van der Waals surface area contributed by atoms with Crippen molar-refractivity contribution < 1.29 is 9.84 Å². The van der Waals surface area contributed by atoms with Gasteiger partial charge in [-0.25, -0.2) is 0 Å². The number of hydrogen-bond acceptors (Lipinski definition) is 2. The summed E-state index contributed by atoms with van der Waals surface area (Å²) in [6.07, 6.45) is 6.66. The Kier molecular flexibility index (Phi) is 1.25. The molecule has 1 heterocycles. The van der Waals surface area contributed by atoms with Crippen LogP contribution in [0, 0.1) is 5.92 Å². The van der Waals surface area contributed by atoms with Crippen LogP contribution in [0.1, 0.15) is 25.7 Å². The SMILES string of the molecule is O[C@]12CCC[C@H]1C1=CCCO[C@H]12. The maximum absolute atomic E-state index is 10.2. The van der Waals surface area contributed by atoms with Gasteiger partial charge in [-0.2, -0.15) is 0 Å². The molecule has 0 aromatic heterocycles. The van der Waals surface area contributed by atoms with Gasteiger partial charge in [0.2, 0.25) is 0 Å². The summed E-state index contributed by atoms with van der Waals surface area (Å²) < 4.78 is 5.58. The predicted molar refractivity (Wildman–Crippen MR) is 44.7 cm³/mol. The van der Waals surface area contributed by atoms with Crippen LogP contribution in [-0.2, 0) is 4.74 Å². The highest BCUT2D eigenvalue weighted by Gasteiger charge is 2.61. The normalized spacial score (nSPS) is 50.6. The minimum Gasteiger partial charge on any atom is -0.386 e. The highest BCUT2D eigenvalue weighted by molar-refractivity contribution is 5.36. The number of aliphatic hydroxyl groups is 1. The van der Waals surface area contributed by atoms with E-state index in [0.29, 0.717) is 5.92 Å². The van der Waals surface area contributed by atoms with Crippen LogP contribution in [-0.4, -0.2) is 23.4 Å². The largest absolute Gasteiger partial charge is 0.386 e. The van der Waals surface area contributed by atoms with Gasteiger partial charge in [-0.05, 0) is 31.3 Å². The zero-order valence-corrected chi connectivity index (χ0v) is 7.12. The molecule has 0 saturated heterocycles. The van der Waals surface area contributed by atoms with Gasteiger partial charge < -0.3 is 9.84 Å². The molecule has 0 spiro atoms. The lowest BCUT2D eigenvalue weighted by Crippen LogP contribution is -2.60. The summed E-state index contributed by atoms with van der Waals surface area (Å²) in [6, 6.07) is 0. The smallest absolute Gasteiger partial charge is 0.108 e. The van der Waals surface area contributed by atoms with Crippen LogP contribution in [0.25, 0.3) is 0 Å². The van der Waals surface area contributed by atoms with E-state index in [1.165, 1.54) is 18.4 Å². The average Bonchev–Trinajstić information content (AvgIpc) is 2.43. The standard InChI is InChI=1S/C10H14O2/c11-10-5-1-4-8(10)7-3-2-6-12-9(7)10/h3,8-9,11H,1-2,4-6H2/t8-,9+,10+/m0/s1. The van der Waals surface area contributed by atoms with Crippen molar-refractivity contribution in [2.24, 2.45) is 5.92 Å². The Hall–Kier alpha value is -0.340. The zero-order chi connectivity index (χ0) is 8.18. The van der Waals surface area contributed by atoms with E-state index >= 15 is 0 Å². The second-order valence-corrected chi connectivity index (χ2v) is 4.18. The van der Waals surface area contributed by atoms with Crippen LogP contribution in [0.2, 0.25) is 0 Å². The molecule has 2 nitrogen and oxygen atoms in total. The van der Waals surface area contributed by atoms with Crippen molar-refractivity contribution >= 4 is 0 Å². The molecule has 2 aliphatic carbocycles. The van der Waals surface area contributed by atoms with E-state index in [1.807, 2.05) is 0 Å². The van der Waals surface area contributed by atoms with E-state index in [1.54, 1.807) is 0 Å². The first-order valence-corrected chi connectivity index (χ1v) is 4.86. The quantitative estimate of drug-likeness (QED) is 0.549. The van der Waals surface area contributed by atoms with Crippen molar-refractivity contribution in [2.75, 3.05) is 6.61 Å². The molecule has 0 aromatic carbocycles. The molecule has 2 fully saturated rings. The van der Waals surface area contributed by atoms with Crippen LogP contribution in [0.3, 0.4) is 0 Å². The van der Waals surface area contributed by atoms with E-state index in [-0.39, 0.29) is 6.10 Å². The third-order valence-corrected chi connectivity index (χ3v) is 3.62. The minimum atomic E-state index is -0.466. The Balaban J connectivity index is 1.97. The summed E-state index contributed by atoms with van der Waals surface area (Å²) in [5.74, 6) is 0.447. The van der Waals surface area contributed by atoms with Gasteiger partial charge in [-0.15, -0.1) is 0 Å². The summed E-state index contributed by atoms with van der Waals surface area (Å²) >= 11 is 0. The number of hydrogen-bond donors (Lipinski definition) is 1. The first-order valence-electron chi connectivity index (χ1n) is 4.86. The first kappa shape index (κ1) is 7.10. The fourth-order valence-corrected chi connectivity index (χ4v) is 3.06. The highest BCUT2D eigenvalue weighted by atomic mass is 16.5. The van der Waals surface area contributed by atoms with E-state index in [0.717, 1.165) is 19.4 Å². The summed E-state index contributed by atoms with van der Waals surface area (Å²) in [7, 11) is 0. The van der Waals surface area contributed by atoms with Gasteiger partial charge in [0.25, 0.3) is 0 Å². The van der Waals surface area contributed by atoms with Crippen molar-refractivity contribution in [3.63, 3.8) is 0 Å². The van der Waals surface area contributed by atoms with Crippen LogP contribution in [0.4, 0.5) is 0 Å². The second kappa shape index (κ2) is 2.12. The zero-order valence-electron chi connectivity index (χ0n) is 7.12. The van der Waals surface area contributed by atoms with Gasteiger partial charge in [0.05, 0.1) is 6.61 Å². The second-order valence-electron chi connectivity index (χ2n) is 4.18. The third-order valence-electron chi connectivity index (χ3n) is 3.62. The molecule has 12 heavy (non-hydrogen) atoms. The molecular formula is C10H14O2. The fraction of sp³-hybridized carbons (Fsp3) is 0.800. The molecule has 0 bridgehead atoms. The summed E-state index contributed by atoms with van der Waals surface area (Å²) in [5.41, 5.74) is 0.924. The summed E-state index contributed by atoms with van der Waals surface area (Å²) in [6.45, 7) is 0.795. The predicted octanol–water partition coefficient (Wildman–Crippen LogP) is 1.25. The Morgan fingerprint density at radius 1 is 1.58 bits per heavy atom. The van der Waals surface area contributed by atoms with E-state index < -0.39 is 5.60 Å². The van der Waals surface area contributed by atoms with Crippen LogP contribution >= 0.6 is 0 Å². The van der Waals surface area contributed by atoms with E-state index in [2.05, 4.69) is 6.08 Å². The van der Waals surface area contributed by atoms with Crippen molar-refractivity contribution in [1.29, 1.82) is 0 Å². The maximum atomic E-state index is 10.2. The van der Waals surface area contributed by atoms with Crippen molar-refractivity contribution in [2.45, 2.75) is 37.4 Å². The van der Waals surface area contributed by atoms with Gasteiger partial charge in [-0.3, -0.25) is 0 Å². The molecule has 0 aromatic rings. The molecule has 3 atom stereocenters. The fourth-order valence-electron chi connectivity index (χ4n) is 3.06. The third kappa shape index (κ3) is 0.639. The summed E-state index contributed by atoms with van der Waals surface area (Å²) in [4.78, 5) is 0. The highest BCUT2D eigenvalue weighted by Crippen LogP contribution is 2.56. The van der Waals surface area contributed by atoms with Gasteiger partial charge in [-0.1, -0.05) is 6.08 Å². The lowest BCUT2D eigenvalue weighted by atomic mass is 9.64. The lowest BCUT2D eigenvalue weighted by Gasteiger charge is -2.52. The van der Waals surface area contributed by atoms with E-state index in [9.17, 15) is 5.11 Å². The molecular weight excluding hydrogens is 152 g/mol. The van der Waals surface area contributed by atoms with Gasteiger partial charge in [0.1, 0.15) is 11.7 Å². The van der Waals surface area contributed by atoms with Gasteiger partial charge in [0.15, 0.2) is 0 Å². The minimum absolute atomic E-state index is 0.0683. The van der Waals surface area contributed by atoms with Crippen LogP contribution in [0.5, 0.6) is 0 Å². The van der Waals surface area contributed by atoms with Gasteiger partial charge in [0, 0.05) is 5.92 Å². The van der Waals surface area contributed by atoms with Crippen LogP contribution < -0.4 is 0 Å². The molecule has 66 valence electrons. The van der Waals surface area contributed by atoms with Crippen LogP contribution in [0.15, 0.2) is 11.6 Å². The van der Waals surface area contributed by atoms with Crippen molar-refractivity contribution in [3.05, 3.63) is 11.6 Å². The molecule has 1 N–H and O–H groups in total. The maximum Gasteiger partial charge on any atom is 0.108 e.